The van der Waals surface area contributed by atoms with Gasteiger partial charge in [0.05, 0.1) is 17.3 Å². The summed E-state index contributed by atoms with van der Waals surface area (Å²) in [7, 11) is 1.86. The number of alkyl halides is 3. The number of halogens is 3. The smallest absolute Gasteiger partial charge is 0.371 e. The van der Waals surface area contributed by atoms with Crippen molar-refractivity contribution >= 4 is 28.2 Å². The van der Waals surface area contributed by atoms with E-state index in [1.807, 2.05) is 30.1 Å². The number of fused-ring (bicyclic) bond motifs is 1. The van der Waals surface area contributed by atoms with Crippen LogP contribution in [0.3, 0.4) is 0 Å². The van der Waals surface area contributed by atoms with Crippen LogP contribution in [0, 0.1) is 5.92 Å². The van der Waals surface area contributed by atoms with Crippen LogP contribution in [0.4, 0.5) is 24.5 Å². The number of amides is 1. The van der Waals surface area contributed by atoms with E-state index in [9.17, 15) is 18.0 Å². The summed E-state index contributed by atoms with van der Waals surface area (Å²) in [6, 6.07) is 11.0. The fourth-order valence-electron chi connectivity index (χ4n) is 3.76. The van der Waals surface area contributed by atoms with Crippen molar-refractivity contribution in [1.29, 1.82) is 0 Å². The standard InChI is InChI=1S/C21H21F3N4O/c1-27-19-6-5-17(11-15(19)13-25-27)26-20(29)14-7-9-28(10-8-14)18-4-2-3-16(12-18)21(22,23)24/h2-6,11-14H,7-10H2,1H3,(H,26,29). The van der Waals surface area contributed by atoms with Crippen LogP contribution >= 0.6 is 0 Å². The van der Waals surface area contributed by atoms with Gasteiger partial charge in [0.25, 0.3) is 0 Å². The molecule has 1 N–H and O–H groups in total. The molecule has 0 bridgehead atoms. The highest BCUT2D eigenvalue weighted by atomic mass is 19.4. The van der Waals surface area contributed by atoms with Gasteiger partial charge in [0.15, 0.2) is 0 Å². The molecule has 4 rings (SSSR count). The molecule has 152 valence electrons. The molecule has 5 nitrogen and oxygen atoms in total. The van der Waals surface area contributed by atoms with Gasteiger partial charge < -0.3 is 10.2 Å². The predicted octanol–water partition coefficient (Wildman–Crippen LogP) is 4.45. The third kappa shape index (κ3) is 4.06. The Morgan fingerprint density at radius 3 is 2.62 bits per heavy atom. The molecule has 3 aromatic rings. The van der Waals surface area contributed by atoms with Gasteiger partial charge in [-0.15, -0.1) is 0 Å². The lowest BCUT2D eigenvalue weighted by Gasteiger charge is -2.33. The molecule has 0 saturated carbocycles. The monoisotopic (exact) mass is 402 g/mol. The maximum atomic E-state index is 12.9. The summed E-state index contributed by atoms with van der Waals surface area (Å²) in [6.07, 6.45) is -1.42. The molecule has 0 unspecified atom stereocenters. The lowest BCUT2D eigenvalue weighted by molar-refractivity contribution is -0.137. The normalized spacial score (nSPS) is 15.7. The number of benzene rings is 2. The summed E-state index contributed by atoms with van der Waals surface area (Å²) in [5.41, 5.74) is 1.59. The van der Waals surface area contributed by atoms with Crippen LogP contribution < -0.4 is 10.2 Å². The second kappa shape index (κ2) is 7.42. The highest BCUT2D eigenvalue weighted by molar-refractivity contribution is 5.95. The Balaban J connectivity index is 1.38. The fraction of sp³-hybridized carbons (Fsp3) is 0.333. The molecule has 1 fully saturated rings. The van der Waals surface area contributed by atoms with E-state index in [1.54, 1.807) is 16.9 Å². The molecule has 29 heavy (non-hydrogen) atoms. The SMILES string of the molecule is Cn1ncc2cc(NC(=O)C3CCN(c4cccc(C(F)(F)F)c4)CC3)ccc21. The van der Waals surface area contributed by atoms with E-state index in [-0.39, 0.29) is 11.8 Å². The van der Waals surface area contributed by atoms with Crippen molar-refractivity contribution in [2.75, 3.05) is 23.3 Å². The van der Waals surface area contributed by atoms with E-state index in [0.717, 1.165) is 22.7 Å². The van der Waals surface area contributed by atoms with Crippen LogP contribution in [0.15, 0.2) is 48.7 Å². The molecule has 2 aromatic carbocycles. The van der Waals surface area contributed by atoms with Crippen molar-refractivity contribution in [1.82, 2.24) is 9.78 Å². The molecule has 1 aliphatic rings. The topological polar surface area (TPSA) is 50.2 Å². The second-order valence-electron chi connectivity index (χ2n) is 7.34. The summed E-state index contributed by atoms with van der Waals surface area (Å²) in [5, 5.41) is 8.09. The van der Waals surface area contributed by atoms with Gasteiger partial charge in [-0.1, -0.05) is 6.07 Å². The largest absolute Gasteiger partial charge is 0.416 e. The number of aryl methyl sites for hydroxylation is 1. The molecule has 0 aliphatic carbocycles. The first-order chi connectivity index (χ1) is 13.8. The van der Waals surface area contributed by atoms with Crippen LogP contribution in [-0.2, 0) is 18.0 Å². The van der Waals surface area contributed by atoms with Crippen LogP contribution in [0.25, 0.3) is 10.9 Å². The van der Waals surface area contributed by atoms with E-state index in [2.05, 4.69) is 10.4 Å². The molecular formula is C21H21F3N4O. The average molecular weight is 402 g/mol. The summed E-state index contributed by atoms with van der Waals surface area (Å²) < 4.78 is 40.6. The Labute approximate surface area is 166 Å². The minimum atomic E-state index is -4.36. The lowest BCUT2D eigenvalue weighted by Crippen LogP contribution is -2.38. The number of hydrogen-bond acceptors (Lipinski definition) is 3. The number of hydrogen-bond donors (Lipinski definition) is 1. The first-order valence-corrected chi connectivity index (χ1v) is 9.46. The van der Waals surface area contributed by atoms with Crippen molar-refractivity contribution in [2.24, 2.45) is 13.0 Å². The lowest BCUT2D eigenvalue weighted by atomic mass is 9.95. The number of nitrogens with zero attached hydrogens (tertiary/aromatic N) is 3. The highest BCUT2D eigenvalue weighted by Crippen LogP contribution is 2.33. The predicted molar refractivity (Wildman–Crippen MR) is 106 cm³/mol. The summed E-state index contributed by atoms with van der Waals surface area (Å²) in [6.45, 7) is 1.09. The van der Waals surface area contributed by atoms with Crippen LogP contribution in [-0.4, -0.2) is 28.8 Å². The molecule has 2 heterocycles. The van der Waals surface area contributed by atoms with Gasteiger partial charge in [0.1, 0.15) is 0 Å². The molecule has 0 radical (unpaired) electrons. The molecule has 1 aliphatic heterocycles. The first kappa shape index (κ1) is 19.3. The van der Waals surface area contributed by atoms with Crippen LogP contribution in [0.5, 0.6) is 0 Å². The molecule has 0 atom stereocenters. The van der Waals surface area contributed by atoms with Gasteiger partial charge in [-0.05, 0) is 49.2 Å². The van der Waals surface area contributed by atoms with E-state index < -0.39 is 11.7 Å². The van der Waals surface area contributed by atoms with Gasteiger partial charge in [0, 0.05) is 42.8 Å². The number of anilines is 2. The van der Waals surface area contributed by atoms with Crippen molar-refractivity contribution in [3.63, 3.8) is 0 Å². The van der Waals surface area contributed by atoms with E-state index >= 15 is 0 Å². The number of aromatic nitrogens is 2. The minimum absolute atomic E-state index is 0.0584. The van der Waals surface area contributed by atoms with Crippen molar-refractivity contribution < 1.29 is 18.0 Å². The van der Waals surface area contributed by atoms with Gasteiger partial charge in [-0.2, -0.15) is 18.3 Å². The Morgan fingerprint density at radius 1 is 1.14 bits per heavy atom. The van der Waals surface area contributed by atoms with E-state index in [4.69, 9.17) is 0 Å². The molecule has 1 amide bonds. The Morgan fingerprint density at radius 2 is 1.90 bits per heavy atom. The quantitative estimate of drug-likeness (QED) is 0.704. The molecule has 1 aromatic heterocycles. The number of piperidine rings is 1. The zero-order valence-corrected chi connectivity index (χ0v) is 15.9. The van der Waals surface area contributed by atoms with E-state index in [0.29, 0.717) is 31.6 Å². The van der Waals surface area contributed by atoms with Gasteiger partial charge in [0.2, 0.25) is 5.91 Å². The summed E-state index contributed by atoms with van der Waals surface area (Å²) >= 11 is 0. The minimum Gasteiger partial charge on any atom is -0.371 e. The Bertz CT molecular complexity index is 1040. The van der Waals surface area contributed by atoms with Crippen molar-refractivity contribution in [2.45, 2.75) is 19.0 Å². The Kier molecular flexibility index (Phi) is 4.94. The number of carbonyl (C=O) groups excluding carboxylic acids is 1. The third-order valence-corrected chi connectivity index (χ3v) is 5.42. The highest BCUT2D eigenvalue weighted by Gasteiger charge is 2.31. The third-order valence-electron chi connectivity index (χ3n) is 5.42. The zero-order chi connectivity index (χ0) is 20.6. The Hall–Kier alpha value is -3.03. The first-order valence-electron chi connectivity index (χ1n) is 9.46. The van der Waals surface area contributed by atoms with Gasteiger partial charge in [-0.3, -0.25) is 9.48 Å². The maximum absolute atomic E-state index is 12.9. The second-order valence-corrected chi connectivity index (χ2v) is 7.34. The van der Waals surface area contributed by atoms with Gasteiger partial charge >= 0.3 is 6.18 Å². The van der Waals surface area contributed by atoms with Crippen molar-refractivity contribution in [3.05, 3.63) is 54.2 Å². The zero-order valence-electron chi connectivity index (χ0n) is 15.9. The number of rotatable bonds is 3. The molecule has 0 spiro atoms. The molecule has 1 saturated heterocycles. The molecule has 8 heteroatoms. The van der Waals surface area contributed by atoms with Crippen LogP contribution in [0.2, 0.25) is 0 Å². The summed E-state index contributed by atoms with van der Waals surface area (Å²) in [5.74, 6) is -0.224. The summed E-state index contributed by atoms with van der Waals surface area (Å²) in [4.78, 5) is 14.5. The van der Waals surface area contributed by atoms with E-state index in [1.165, 1.54) is 12.1 Å². The van der Waals surface area contributed by atoms with Crippen molar-refractivity contribution in [3.8, 4) is 0 Å². The number of carbonyl (C=O) groups is 1. The van der Waals surface area contributed by atoms with Gasteiger partial charge in [-0.25, -0.2) is 0 Å². The molecular weight excluding hydrogens is 381 g/mol. The van der Waals surface area contributed by atoms with Crippen LogP contribution in [0.1, 0.15) is 18.4 Å². The fourth-order valence-corrected chi connectivity index (χ4v) is 3.76. The average Bonchev–Trinajstić information content (AvgIpc) is 3.08. The number of nitrogens with one attached hydrogen (secondary N) is 1. The maximum Gasteiger partial charge on any atom is 0.416 e.